The number of hydrogen-bond acceptors (Lipinski definition) is 4. The summed E-state index contributed by atoms with van der Waals surface area (Å²) in [6.45, 7) is 4.17. The van der Waals surface area contributed by atoms with E-state index in [1.165, 1.54) is 16.9 Å². The summed E-state index contributed by atoms with van der Waals surface area (Å²) in [5, 5.41) is 0. The van der Waals surface area contributed by atoms with E-state index in [2.05, 4.69) is 23.8 Å². The average molecular weight is 255 g/mol. The van der Waals surface area contributed by atoms with Gasteiger partial charge in [-0.3, -0.25) is 4.79 Å². The molecule has 0 radical (unpaired) electrons. The van der Waals surface area contributed by atoms with Crippen molar-refractivity contribution in [3.63, 3.8) is 0 Å². The van der Waals surface area contributed by atoms with Crippen LogP contribution in [0.5, 0.6) is 0 Å². The molecular formula is C13H21NO2S. The smallest absolute Gasteiger partial charge is 0.305 e. The maximum atomic E-state index is 11.1. The van der Waals surface area contributed by atoms with Crippen LogP contribution in [0.2, 0.25) is 0 Å². The standard InChI is InChI=1S/C13H21NO2S/c1-4-10-5-6-12(17-10)11(14)7-9(2)8-13(15)16-3/h5-6,9,11H,4,7-8,14H2,1-3H3. The summed E-state index contributed by atoms with van der Waals surface area (Å²) in [6, 6.07) is 4.25. The van der Waals surface area contributed by atoms with E-state index in [9.17, 15) is 4.79 Å². The molecule has 2 unspecified atom stereocenters. The van der Waals surface area contributed by atoms with Gasteiger partial charge in [-0.1, -0.05) is 13.8 Å². The van der Waals surface area contributed by atoms with Gasteiger partial charge in [-0.2, -0.15) is 0 Å². The number of methoxy groups -OCH3 is 1. The van der Waals surface area contributed by atoms with Crippen LogP contribution in [-0.4, -0.2) is 13.1 Å². The van der Waals surface area contributed by atoms with Gasteiger partial charge in [0.15, 0.2) is 0 Å². The van der Waals surface area contributed by atoms with E-state index in [1.54, 1.807) is 11.3 Å². The molecule has 17 heavy (non-hydrogen) atoms. The van der Waals surface area contributed by atoms with Crippen LogP contribution >= 0.6 is 11.3 Å². The van der Waals surface area contributed by atoms with Crippen molar-refractivity contribution in [3.8, 4) is 0 Å². The van der Waals surface area contributed by atoms with Gasteiger partial charge in [-0.25, -0.2) is 0 Å². The van der Waals surface area contributed by atoms with Gasteiger partial charge in [-0.05, 0) is 30.9 Å². The Morgan fingerprint density at radius 3 is 2.76 bits per heavy atom. The van der Waals surface area contributed by atoms with Crippen LogP contribution in [0.15, 0.2) is 12.1 Å². The number of ether oxygens (including phenoxy) is 1. The van der Waals surface area contributed by atoms with Gasteiger partial charge in [0.25, 0.3) is 0 Å². The molecule has 0 saturated heterocycles. The summed E-state index contributed by atoms with van der Waals surface area (Å²) in [7, 11) is 1.42. The maximum Gasteiger partial charge on any atom is 0.305 e. The lowest BCUT2D eigenvalue weighted by Gasteiger charge is -2.15. The minimum Gasteiger partial charge on any atom is -0.469 e. The van der Waals surface area contributed by atoms with Crippen LogP contribution in [0.1, 0.15) is 42.5 Å². The lowest BCUT2D eigenvalue weighted by molar-refractivity contribution is -0.141. The second-order valence-electron chi connectivity index (χ2n) is 4.39. The van der Waals surface area contributed by atoms with Gasteiger partial charge in [0.05, 0.1) is 7.11 Å². The Kier molecular flexibility index (Phi) is 5.65. The van der Waals surface area contributed by atoms with Crippen molar-refractivity contribution in [2.24, 2.45) is 11.7 Å². The fraction of sp³-hybridized carbons (Fsp3) is 0.615. The predicted octanol–water partition coefficient (Wildman–Crippen LogP) is 2.90. The SMILES string of the molecule is CCc1ccc(C(N)CC(C)CC(=O)OC)s1. The third-order valence-electron chi connectivity index (χ3n) is 2.80. The summed E-state index contributed by atoms with van der Waals surface area (Å²) in [5.74, 6) is 0.0924. The highest BCUT2D eigenvalue weighted by molar-refractivity contribution is 7.12. The first-order valence-electron chi connectivity index (χ1n) is 5.97. The highest BCUT2D eigenvalue weighted by Gasteiger charge is 2.16. The van der Waals surface area contributed by atoms with Crippen molar-refractivity contribution in [3.05, 3.63) is 21.9 Å². The molecule has 1 aromatic rings. The van der Waals surface area contributed by atoms with E-state index < -0.39 is 0 Å². The lowest BCUT2D eigenvalue weighted by atomic mass is 9.98. The molecule has 0 aliphatic heterocycles. The zero-order valence-corrected chi connectivity index (χ0v) is 11.5. The van der Waals surface area contributed by atoms with Crippen molar-refractivity contribution < 1.29 is 9.53 Å². The molecule has 1 heterocycles. The number of thiophene rings is 1. The third kappa shape index (κ3) is 4.48. The Bertz CT molecular complexity index is 362. The van der Waals surface area contributed by atoms with Crippen molar-refractivity contribution in [2.75, 3.05) is 7.11 Å². The zero-order chi connectivity index (χ0) is 12.8. The minimum absolute atomic E-state index is 0.0277. The number of carbonyl (C=O) groups is 1. The summed E-state index contributed by atoms with van der Waals surface area (Å²) in [6.07, 6.45) is 2.31. The number of esters is 1. The fourth-order valence-electron chi connectivity index (χ4n) is 1.78. The zero-order valence-electron chi connectivity index (χ0n) is 10.7. The Labute approximate surface area is 107 Å². The van der Waals surface area contributed by atoms with Gasteiger partial charge in [-0.15, -0.1) is 11.3 Å². The Balaban J connectivity index is 2.47. The molecule has 0 saturated carbocycles. The molecule has 1 rings (SSSR count). The van der Waals surface area contributed by atoms with Crippen LogP contribution in [0.4, 0.5) is 0 Å². The quantitative estimate of drug-likeness (QED) is 0.795. The minimum atomic E-state index is -0.162. The molecule has 0 fully saturated rings. The highest BCUT2D eigenvalue weighted by Crippen LogP contribution is 2.27. The Hall–Kier alpha value is -0.870. The van der Waals surface area contributed by atoms with Crippen molar-refractivity contribution in [1.29, 1.82) is 0 Å². The largest absolute Gasteiger partial charge is 0.469 e. The van der Waals surface area contributed by atoms with E-state index in [0.717, 1.165) is 12.8 Å². The molecule has 3 nitrogen and oxygen atoms in total. The molecule has 96 valence electrons. The van der Waals surface area contributed by atoms with Crippen LogP contribution in [0.3, 0.4) is 0 Å². The third-order valence-corrected chi connectivity index (χ3v) is 4.16. The molecule has 2 atom stereocenters. The van der Waals surface area contributed by atoms with Crippen LogP contribution in [-0.2, 0) is 16.0 Å². The van der Waals surface area contributed by atoms with Gasteiger partial charge in [0, 0.05) is 22.2 Å². The number of aryl methyl sites for hydroxylation is 1. The second-order valence-corrected chi connectivity index (χ2v) is 5.59. The number of carbonyl (C=O) groups excluding carboxylic acids is 1. The predicted molar refractivity (Wildman–Crippen MR) is 71.0 cm³/mol. The van der Waals surface area contributed by atoms with E-state index in [-0.39, 0.29) is 17.9 Å². The Morgan fingerprint density at radius 2 is 2.24 bits per heavy atom. The van der Waals surface area contributed by atoms with Gasteiger partial charge < -0.3 is 10.5 Å². The van der Waals surface area contributed by atoms with E-state index in [4.69, 9.17) is 5.73 Å². The first-order chi connectivity index (χ1) is 8.06. The van der Waals surface area contributed by atoms with Crippen LogP contribution in [0.25, 0.3) is 0 Å². The molecule has 0 aliphatic carbocycles. The van der Waals surface area contributed by atoms with Gasteiger partial charge in [0.1, 0.15) is 0 Å². The summed E-state index contributed by atoms with van der Waals surface area (Å²) >= 11 is 1.77. The monoisotopic (exact) mass is 255 g/mol. The average Bonchev–Trinajstić information content (AvgIpc) is 2.77. The first-order valence-corrected chi connectivity index (χ1v) is 6.79. The van der Waals surface area contributed by atoms with Crippen molar-refractivity contribution >= 4 is 17.3 Å². The molecular weight excluding hydrogens is 234 g/mol. The normalized spacial score (nSPS) is 14.4. The highest BCUT2D eigenvalue weighted by atomic mass is 32.1. The molecule has 0 spiro atoms. The molecule has 1 aromatic heterocycles. The molecule has 0 bridgehead atoms. The molecule has 0 amide bonds. The van der Waals surface area contributed by atoms with E-state index in [0.29, 0.717) is 6.42 Å². The van der Waals surface area contributed by atoms with Crippen LogP contribution < -0.4 is 5.73 Å². The number of nitrogens with two attached hydrogens (primary N) is 1. The lowest BCUT2D eigenvalue weighted by Crippen LogP contribution is -2.15. The van der Waals surface area contributed by atoms with Crippen LogP contribution in [0, 0.1) is 5.92 Å². The van der Waals surface area contributed by atoms with Crippen molar-refractivity contribution in [2.45, 2.75) is 39.2 Å². The molecule has 2 N–H and O–H groups in total. The van der Waals surface area contributed by atoms with Gasteiger partial charge >= 0.3 is 5.97 Å². The second kappa shape index (κ2) is 6.77. The Morgan fingerprint density at radius 1 is 1.53 bits per heavy atom. The molecule has 0 aliphatic rings. The first kappa shape index (κ1) is 14.2. The fourth-order valence-corrected chi connectivity index (χ4v) is 2.75. The number of rotatable bonds is 6. The van der Waals surface area contributed by atoms with E-state index >= 15 is 0 Å². The van der Waals surface area contributed by atoms with E-state index in [1.807, 2.05) is 6.92 Å². The molecule has 4 heteroatoms. The van der Waals surface area contributed by atoms with Crippen molar-refractivity contribution in [1.82, 2.24) is 0 Å². The molecule has 0 aromatic carbocycles. The summed E-state index contributed by atoms with van der Waals surface area (Å²) in [5.41, 5.74) is 6.14. The number of hydrogen-bond donors (Lipinski definition) is 1. The maximum absolute atomic E-state index is 11.1. The summed E-state index contributed by atoms with van der Waals surface area (Å²) < 4.78 is 4.65. The van der Waals surface area contributed by atoms with Gasteiger partial charge in [0.2, 0.25) is 0 Å². The topological polar surface area (TPSA) is 52.3 Å². The summed E-state index contributed by atoms with van der Waals surface area (Å²) in [4.78, 5) is 13.7.